The zero-order chi connectivity index (χ0) is 9.85. The first-order chi connectivity index (χ1) is 5.93. The maximum absolute atomic E-state index is 2.52. The van der Waals surface area contributed by atoms with E-state index in [0.717, 1.165) is 11.8 Å². The summed E-state index contributed by atoms with van der Waals surface area (Å²) in [5.41, 5.74) is 0.636. The average molecular weight is 199 g/mol. The van der Waals surface area contributed by atoms with E-state index in [1.165, 1.54) is 19.3 Å². The third kappa shape index (κ3) is 0.948. The van der Waals surface area contributed by atoms with Gasteiger partial charge in [-0.1, -0.05) is 20.8 Å². The minimum absolute atomic E-state index is 0.599. The van der Waals surface area contributed by atoms with Crippen LogP contribution in [0.2, 0.25) is 0 Å². The first-order valence-electron chi connectivity index (χ1n) is 5.50. The van der Waals surface area contributed by atoms with Crippen LogP contribution in [0, 0.1) is 17.3 Å². The largest absolute Gasteiger partial charge is 0.135 e. The van der Waals surface area contributed by atoms with Crippen LogP contribution in [-0.4, -0.2) is 17.3 Å². The Morgan fingerprint density at radius 3 is 2.08 bits per heavy atom. The summed E-state index contributed by atoms with van der Waals surface area (Å²) in [5.74, 6) is 2.00. The van der Waals surface area contributed by atoms with Gasteiger partial charge in [0.15, 0.2) is 0 Å². The van der Waals surface area contributed by atoms with Crippen LogP contribution < -0.4 is 0 Å². The van der Waals surface area contributed by atoms with Crippen LogP contribution in [0.15, 0.2) is 0 Å². The predicted octanol–water partition coefficient (Wildman–Crippen LogP) is 3.08. The Kier molecular flexibility index (Phi) is 2.04. The lowest BCUT2D eigenvalue weighted by molar-refractivity contribution is -0.0707. The molecular formula is C12H23S+. The Labute approximate surface area is 85.8 Å². The predicted molar refractivity (Wildman–Crippen MR) is 62.2 cm³/mol. The molecule has 3 aliphatic carbocycles. The third-order valence-corrected chi connectivity index (χ3v) is 7.69. The van der Waals surface area contributed by atoms with Crippen LogP contribution in [0.4, 0.5) is 0 Å². The van der Waals surface area contributed by atoms with Crippen molar-refractivity contribution in [2.75, 3.05) is 12.5 Å². The van der Waals surface area contributed by atoms with E-state index in [9.17, 15) is 0 Å². The first-order valence-corrected chi connectivity index (χ1v) is 7.54. The number of hydrogen-bond acceptors (Lipinski definition) is 0. The van der Waals surface area contributed by atoms with E-state index in [4.69, 9.17) is 0 Å². The molecule has 1 heteroatoms. The summed E-state index contributed by atoms with van der Waals surface area (Å²) >= 11 is 0. The number of hydrogen-bond donors (Lipinski definition) is 0. The standard InChI is InChI=1S/C12H23S/c1-9-6-7-10-8-12(9,13(4)5)11(10,2)3/h9-10H,6-8H2,1-5H3/q+1. The van der Waals surface area contributed by atoms with E-state index in [0.29, 0.717) is 21.1 Å². The van der Waals surface area contributed by atoms with Crippen LogP contribution >= 0.6 is 0 Å². The monoisotopic (exact) mass is 199 g/mol. The van der Waals surface area contributed by atoms with Gasteiger partial charge in [-0.25, -0.2) is 0 Å². The summed E-state index contributed by atoms with van der Waals surface area (Å²) in [5, 5.41) is 0. The van der Waals surface area contributed by atoms with Gasteiger partial charge >= 0.3 is 0 Å². The van der Waals surface area contributed by atoms with Gasteiger partial charge in [0.25, 0.3) is 0 Å². The summed E-state index contributed by atoms with van der Waals surface area (Å²) in [6, 6.07) is 0. The van der Waals surface area contributed by atoms with Gasteiger partial charge in [-0.15, -0.1) is 0 Å². The van der Waals surface area contributed by atoms with E-state index in [1.54, 1.807) is 0 Å². The van der Waals surface area contributed by atoms with Crippen molar-refractivity contribution in [1.29, 1.82) is 0 Å². The lowest BCUT2D eigenvalue weighted by Gasteiger charge is -2.65. The van der Waals surface area contributed by atoms with Crippen molar-refractivity contribution in [2.45, 2.75) is 44.8 Å². The Morgan fingerprint density at radius 1 is 1.15 bits per heavy atom. The second-order valence-corrected chi connectivity index (χ2v) is 8.17. The SMILES string of the molecule is CC1CCC2CC1([S+](C)C)C2(C)C. The van der Waals surface area contributed by atoms with Gasteiger partial charge in [0.1, 0.15) is 4.75 Å². The molecule has 3 atom stereocenters. The summed E-state index contributed by atoms with van der Waals surface area (Å²) in [7, 11) is 0.599. The molecular weight excluding hydrogens is 176 g/mol. The summed E-state index contributed by atoms with van der Waals surface area (Å²) in [6.07, 6.45) is 9.42. The molecule has 13 heavy (non-hydrogen) atoms. The highest BCUT2D eigenvalue weighted by molar-refractivity contribution is 7.97. The molecule has 0 N–H and O–H groups in total. The number of fused-ring (bicyclic) bond motifs is 2. The summed E-state index contributed by atoms with van der Waals surface area (Å²) in [6.45, 7) is 7.53. The molecule has 3 rings (SSSR count). The van der Waals surface area contributed by atoms with Gasteiger partial charge < -0.3 is 0 Å². The third-order valence-electron chi connectivity index (χ3n) is 5.13. The van der Waals surface area contributed by atoms with Gasteiger partial charge in [0.2, 0.25) is 0 Å². The second kappa shape index (κ2) is 2.68. The van der Waals surface area contributed by atoms with Crippen LogP contribution in [0.25, 0.3) is 0 Å². The van der Waals surface area contributed by atoms with Crippen LogP contribution in [0.3, 0.4) is 0 Å². The Balaban J connectivity index is 2.34. The highest BCUT2D eigenvalue weighted by atomic mass is 32.2. The van der Waals surface area contributed by atoms with Gasteiger partial charge in [0.05, 0.1) is 12.5 Å². The fourth-order valence-electron chi connectivity index (χ4n) is 4.18. The molecule has 0 aromatic rings. The molecule has 0 spiro atoms. The van der Waals surface area contributed by atoms with Gasteiger partial charge in [-0.05, 0) is 29.7 Å². The maximum atomic E-state index is 2.52. The molecule has 3 saturated carbocycles. The minimum Gasteiger partial charge on any atom is -0.0574 e. The molecule has 3 aliphatic rings. The van der Waals surface area contributed by atoms with Crippen LogP contribution in [-0.2, 0) is 10.9 Å². The lowest BCUT2D eigenvalue weighted by Crippen LogP contribution is -2.70. The average Bonchev–Trinajstić information content (AvgIpc) is 2.02. The molecule has 0 amide bonds. The molecule has 0 saturated heterocycles. The lowest BCUT2D eigenvalue weighted by atomic mass is 9.45. The van der Waals surface area contributed by atoms with Crippen LogP contribution in [0.1, 0.15) is 40.0 Å². The minimum atomic E-state index is 0.599. The van der Waals surface area contributed by atoms with E-state index >= 15 is 0 Å². The highest BCUT2D eigenvalue weighted by Crippen LogP contribution is 2.67. The zero-order valence-electron chi connectivity index (χ0n) is 9.68. The molecule has 3 unspecified atom stereocenters. The Bertz CT molecular complexity index is 219. The fourth-order valence-corrected chi connectivity index (χ4v) is 6.85. The Morgan fingerprint density at radius 2 is 1.77 bits per heavy atom. The van der Waals surface area contributed by atoms with E-state index in [2.05, 4.69) is 33.3 Å². The smallest absolute Gasteiger partial charge is 0.0574 e. The van der Waals surface area contributed by atoms with E-state index in [-0.39, 0.29) is 0 Å². The molecule has 0 heterocycles. The molecule has 0 aromatic heterocycles. The number of rotatable bonds is 1. The molecule has 0 radical (unpaired) electrons. The highest BCUT2D eigenvalue weighted by Gasteiger charge is 2.71. The van der Waals surface area contributed by atoms with Gasteiger partial charge in [-0.3, -0.25) is 0 Å². The maximum Gasteiger partial charge on any atom is 0.135 e. The van der Waals surface area contributed by atoms with Crippen molar-refractivity contribution in [2.24, 2.45) is 17.3 Å². The quantitative estimate of drug-likeness (QED) is 0.569. The van der Waals surface area contributed by atoms with Crippen molar-refractivity contribution in [1.82, 2.24) is 0 Å². The fraction of sp³-hybridized carbons (Fsp3) is 1.00. The summed E-state index contributed by atoms with van der Waals surface area (Å²) < 4.78 is 0.704. The van der Waals surface area contributed by atoms with E-state index < -0.39 is 0 Å². The molecule has 76 valence electrons. The summed E-state index contributed by atoms with van der Waals surface area (Å²) in [4.78, 5) is 0. The van der Waals surface area contributed by atoms with Crippen molar-refractivity contribution in [3.8, 4) is 0 Å². The normalized spacial score (nSPS) is 47.5. The second-order valence-electron chi connectivity index (χ2n) is 5.81. The first kappa shape index (κ1) is 9.89. The molecule has 0 aromatic carbocycles. The molecule has 0 aliphatic heterocycles. The Hall–Kier alpha value is 0.350. The van der Waals surface area contributed by atoms with Crippen molar-refractivity contribution in [3.63, 3.8) is 0 Å². The molecule has 0 nitrogen and oxygen atoms in total. The zero-order valence-corrected chi connectivity index (χ0v) is 10.5. The molecule has 3 fully saturated rings. The van der Waals surface area contributed by atoms with Gasteiger partial charge in [-0.2, -0.15) is 0 Å². The van der Waals surface area contributed by atoms with Crippen molar-refractivity contribution in [3.05, 3.63) is 0 Å². The van der Waals surface area contributed by atoms with Crippen molar-refractivity contribution < 1.29 is 0 Å². The van der Waals surface area contributed by atoms with Crippen LogP contribution in [0.5, 0.6) is 0 Å². The molecule has 2 bridgehead atoms. The van der Waals surface area contributed by atoms with Crippen molar-refractivity contribution >= 4 is 10.9 Å². The van der Waals surface area contributed by atoms with Gasteiger partial charge in [0, 0.05) is 17.8 Å². The van der Waals surface area contributed by atoms with E-state index in [1.807, 2.05) is 0 Å². The topological polar surface area (TPSA) is 0 Å².